The Kier molecular flexibility index (Phi) is 4.92. The third-order valence-electron chi connectivity index (χ3n) is 5.36. The number of ether oxygens (including phenoxy) is 1. The highest BCUT2D eigenvalue weighted by molar-refractivity contribution is 5.89. The third-order valence-corrected chi connectivity index (χ3v) is 5.36. The number of benzene rings is 2. The molecule has 0 fully saturated rings. The Hall–Kier alpha value is -3.05. The van der Waals surface area contributed by atoms with Gasteiger partial charge in [0.25, 0.3) is 0 Å². The number of fused-ring (bicyclic) bond motifs is 2. The number of rotatable bonds is 5. The standard InChI is InChI=1S/C23H25N3O2/c1-25(2)19(18-11-8-14-26(18)3)15-24-23(27)22-16-9-4-6-12-20(16)28-21-13-7-5-10-17(21)22/h4-14,19,22H,15H2,1-3H3,(H,24,27)/t19-/m0/s1. The summed E-state index contributed by atoms with van der Waals surface area (Å²) in [4.78, 5) is 15.4. The number of nitrogens with zero attached hydrogens (tertiary/aromatic N) is 2. The first-order valence-electron chi connectivity index (χ1n) is 9.47. The monoisotopic (exact) mass is 375 g/mol. The number of aryl methyl sites for hydroxylation is 1. The number of hydrogen-bond donors (Lipinski definition) is 1. The van der Waals surface area contributed by atoms with Crippen molar-refractivity contribution < 1.29 is 9.53 Å². The van der Waals surface area contributed by atoms with Crippen molar-refractivity contribution in [3.63, 3.8) is 0 Å². The Morgan fingerprint density at radius 1 is 1.04 bits per heavy atom. The van der Waals surface area contributed by atoms with Crippen molar-refractivity contribution >= 4 is 5.91 Å². The van der Waals surface area contributed by atoms with Crippen molar-refractivity contribution in [2.75, 3.05) is 20.6 Å². The number of aromatic nitrogens is 1. The van der Waals surface area contributed by atoms with Gasteiger partial charge in [-0.25, -0.2) is 0 Å². The Bertz CT molecular complexity index is 947. The van der Waals surface area contributed by atoms with Crippen LogP contribution in [0.5, 0.6) is 11.5 Å². The van der Waals surface area contributed by atoms with Gasteiger partial charge in [-0.05, 0) is 38.4 Å². The fraction of sp³-hybridized carbons (Fsp3) is 0.261. The van der Waals surface area contributed by atoms with E-state index in [4.69, 9.17) is 4.74 Å². The Balaban J connectivity index is 1.61. The van der Waals surface area contributed by atoms with Gasteiger partial charge in [-0.3, -0.25) is 9.69 Å². The van der Waals surface area contributed by atoms with Gasteiger partial charge in [0.15, 0.2) is 0 Å². The minimum absolute atomic E-state index is 0.00995. The van der Waals surface area contributed by atoms with Gasteiger partial charge in [0.2, 0.25) is 5.91 Å². The summed E-state index contributed by atoms with van der Waals surface area (Å²) in [5, 5.41) is 3.18. The molecule has 0 saturated carbocycles. The van der Waals surface area contributed by atoms with Gasteiger partial charge in [-0.15, -0.1) is 0 Å². The zero-order valence-electron chi connectivity index (χ0n) is 16.4. The SMILES string of the molecule is CN(C)[C@@H](CNC(=O)C1c2ccccc2Oc2ccccc21)c1cccn1C. The molecule has 3 aromatic rings. The molecule has 2 heterocycles. The Labute approximate surface area is 165 Å². The van der Waals surface area contributed by atoms with Crippen LogP contribution in [-0.2, 0) is 11.8 Å². The molecule has 0 aliphatic carbocycles. The van der Waals surface area contributed by atoms with Gasteiger partial charge in [0.1, 0.15) is 11.5 Å². The summed E-state index contributed by atoms with van der Waals surface area (Å²) in [6.45, 7) is 0.533. The van der Waals surface area contributed by atoms with Crippen LogP contribution in [0.25, 0.3) is 0 Å². The lowest BCUT2D eigenvalue weighted by molar-refractivity contribution is -0.122. The molecule has 0 unspecified atom stereocenters. The van der Waals surface area contributed by atoms with E-state index >= 15 is 0 Å². The molecule has 5 heteroatoms. The highest BCUT2D eigenvalue weighted by Crippen LogP contribution is 2.43. The van der Waals surface area contributed by atoms with E-state index in [9.17, 15) is 4.79 Å². The van der Waals surface area contributed by atoms with Crippen LogP contribution >= 0.6 is 0 Å². The molecule has 1 amide bonds. The zero-order valence-corrected chi connectivity index (χ0v) is 16.4. The van der Waals surface area contributed by atoms with Crippen molar-refractivity contribution in [3.05, 3.63) is 83.7 Å². The van der Waals surface area contributed by atoms with E-state index in [0.717, 1.165) is 28.3 Å². The van der Waals surface area contributed by atoms with Gasteiger partial charge < -0.3 is 14.6 Å². The zero-order chi connectivity index (χ0) is 19.7. The average Bonchev–Trinajstić information content (AvgIpc) is 3.11. The minimum Gasteiger partial charge on any atom is -0.457 e. The predicted molar refractivity (Wildman–Crippen MR) is 110 cm³/mol. The predicted octanol–water partition coefficient (Wildman–Crippen LogP) is 3.68. The second-order valence-electron chi connectivity index (χ2n) is 7.38. The Morgan fingerprint density at radius 3 is 2.18 bits per heavy atom. The van der Waals surface area contributed by atoms with Gasteiger partial charge in [0, 0.05) is 36.6 Å². The van der Waals surface area contributed by atoms with E-state index in [-0.39, 0.29) is 17.9 Å². The number of carbonyl (C=O) groups is 1. The molecule has 1 aliphatic rings. The lowest BCUT2D eigenvalue weighted by atomic mass is 9.87. The van der Waals surface area contributed by atoms with E-state index in [2.05, 4.69) is 20.9 Å². The molecule has 0 saturated heterocycles. The molecule has 1 N–H and O–H groups in total. The average molecular weight is 375 g/mol. The molecule has 0 bridgehead atoms. The van der Waals surface area contributed by atoms with Crippen LogP contribution in [0.15, 0.2) is 66.9 Å². The van der Waals surface area contributed by atoms with E-state index < -0.39 is 0 Å². The molecule has 4 rings (SSSR count). The van der Waals surface area contributed by atoms with Gasteiger partial charge in [-0.2, -0.15) is 0 Å². The second-order valence-corrected chi connectivity index (χ2v) is 7.38. The lowest BCUT2D eigenvalue weighted by Crippen LogP contribution is -2.38. The van der Waals surface area contributed by atoms with Gasteiger partial charge in [-0.1, -0.05) is 36.4 Å². The summed E-state index contributed by atoms with van der Waals surface area (Å²) in [6.07, 6.45) is 2.03. The number of nitrogens with one attached hydrogen (secondary N) is 1. The maximum absolute atomic E-state index is 13.3. The number of likely N-dealkylation sites (N-methyl/N-ethyl adjacent to an activating group) is 1. The fourth-order valence-electron chi connectivity index (χ4n) is 3.86. The van der Waals surface area contributed by atoms with E-state index in [0.29, 0.717) is 6.54 Å². The molecule has 144 valence electrons. The number of amides is 1. The van der Waals surface area contributed by atoms with Crippen LogP contribution in [0.1, 0.15) is 28.8 Å². The molecule has 0 radical (unpaired) electrons. The first-order chi connectivity index (χ1) is 13.6. The highest BCUT2D eigenvalue weighted by Gasteiger charge is 2.32. The molecular formula is C23H25N3O2. The van der Waals surface area contributed by atoms with Crippen molar-refractivity contribution in [1.82, 2.24) is 14.8 Å². The molecular weight excluding hydrogens is 350 g/mol. The second kappa shape index (κ2) is 7.52. The summed E-state index contributed by atoms with van der Waals surface area (Å²) in [5.74, 6) is 1.10. The molecule has 0 spiro atoms. The maximum atomic E-state index is 13.3. The number of carbonyl (C=O) groups excluding carboxylic acids is 1. The molecule has 1 aromatic heterocycles. The summed E-state index contributed by atoms with van der Waals surface area (Å²) in [7, 11) is 6.09. The van der Waals surface area contributed by atoms with Crippen LogP contribution in [0.3, 0.4) is 0 Å². The van der Waals surface area contributed by atoms with Crippen molar-refractivity contribution in [2.24, 2.45) is 7.05 Å². The van der Waals surface area contributed by atoms with Crippen LogP contribution in [0.2, 0.25) is 0 Å². The Morgan fingerprint density at radius 2 is 1.64 bits per heavy atom. The molecule has 28 heavy (non-hydrogen) atoms. The summed E-state index contributed by atoms with van der Waals surface area (Å²) in [6, 6.07) is 19.7. The number of para-hydroxylation sites is 2. The molecule has 1 aliphatic heterocycles. The van der Waals surface area contributed by atoms with Crippen molar-refractivity contribution in [3.8, 4) is 11.5 Å². The minimum atomic E-state index is -0.377. The third kappa shape index (κ3) is 3.29. The first-order valence-corrected chi connectivity index (χ1v) is 9.47. The molecule has 5 nitrogen and oxygen atoms in total. The maximum Gasteiger partial charge on any atom is 0.232 e. The van der Waals surface area contributed by atoms with Crippen LogP contribution < -0.4 is 10.1 Å². The van der Waals surface area contributed by atoms with Crippen LogP contribution in [0, 0.1) is 0 Å². The molecule has 1 atom stereocenters. The fourth-order valence-corrected chi connectivity index (χ4v) is 3.86. The summed E-state index contributed by atoms with van der Waals surface area (Å²) < 4.78 is 8.10. The lowest BCUT2D eigenvalue weighted by Gasteiger charge is -2.29. The topological polar surface area (TPSA) is 46.5 Å². The molecule has 2 aromatic carbocycles. The van der Waals surface area contributed by atoms with Crippen molar-refractivity contribution in [2.45, 2.75) is 12.0 Å². The summed E-state index contributed by atoms with van der Waals surface area (Å²) >= 11 is 0. The normalized spacial score (nSPS) is 14.1. The quantitative estimate of drug-likeness (QED) is 0.740. The smallest absolute Gasteiger partial charge is 0.232 e. The number of hydrogen-bond acceptors (Lipinski definition) is 3. The summed E-state index contributed by atoms with van der Waals surface area (Å²) in [5.41, 5.74) is 2.97. The van der Waals surface area contributed by atoms with Crippen LogP contribution in [0.4, 0.5) is 0 Å². The van der Waals surface area contributed by atoms with Gasteiger partial charge >= 0.3 is 0 Å². The van der Waals surface area contributed by atoms with E-state index in [1.807, 2.05) is 81.9 Å². The van der Waals surface area contributed by atoms with E-state index in [1.54, 1.807) is 0 Å². The van der Waals surface area contributed by atoms with Gasteiger partial charge in [0.05, 0.1) is 12.0 Å². The van der Waals surface area contributed by atoms with Crippen molar-refractivity contribution in [1.29, 1.82) is 0 Å². The first kappa shape index (κ1) is 18.3. The largest absolute Gasteiger partial charge is 0.457 e. The van der Waals surface area contributed by atoms with E-state index in [1.165, 1.54) is 0 Å². The van der Waals surface area contributed by atoms with Crippen LogP contribution in [-0.4, -0.2) is 36.0 Å². The highest BCUT2D eigenvalue weighted by atomic mass is 16.5.